The molecular weight excluding hydrogens is 440 g/mol. The highest BCUT2D eigenvalue weighted by molar-refractivity contribution is 6.00. The molecule has 5 aromatic rings. The Labute approximate surface area is 202 Å². The lowest BCUT2D eigenvalue weighted by atomic mass is 10.0. The number of rotatable bonds is 5. The van der Waals surface area contributed by atoms with Crippen LogP contribution in [0.1, 0.15) is 19.1 Å². The van der Waals surface area contributed by atoms with Crippen molar-refractivity contribution >= 4 is 28.4 Å². The van der Waals surface area contributed by atoms with Gasteiger partial charge in [-0.15, -0.1) is 0 Å². The molecule has 1 atom stereocenters. The second kappa shape index (κ2) is 9.08. The van der Waals surface area contributed by atoms with E-state index < -0.39 is 0 Å². The normalized spacial score (nSPS) is 15.4. The molecule has 1 aliphatic rings. The van der Waals surface area contributed by atoms with Crippen molar-refractivity contribution in [3.05, 3.63) is 85.3 Å². The van der Waals surface area contributed by atoms with Gasteiger partial charge in [0.2, 0.25) is 0 Å². The molecule has 0 aliphatic carbocycles. The summed E-state index contributed by atoms with van der Waals surface area (Å²) in [6, 6.07) is 20.8. The van der Waals surface area contributed by atoms with E-state index in [1.807, 2.05) is 77.6 Å². The van der Waals surface area contributed by atoms with Gasteiger partial charge in [-0.1, -0.05) is 30.3 Å². The van der Waals surface area contributed by atoms with E-state index in [4.69, 9.17) is 9.84 Å². The van der Waals surface area contributed by atoms with Gasteiger partial charge in [-0.3, -0.25) is 0 Å². The molecule has 0 spiro atoms. The van der Waals surface area contributed by atoms with E-state index in [0.717, 1.165) is 58.6 Å². The number of amides is 2. The number of fused-ring (bicyclic) bond motifs is 1. The summed E-state index contributed by atoms with van der Waals surface area (Å²) in [5, 5.41) is 11.7. The van der Waals surface area contributed by atoms with E-state index >= 15 is 0 Å². The fourth-order valence-corrected chi connectivity index (χ4v) is 4.44. The van der Waals surface area contributed by atoms with Crippen molar-refractivity contribution in [2.75, 3.05) is 17.2 Å². The Morgan fingerprint density at radius 2 is 1.77 bits per heavy atom. The average molecular weight is 465 g/mol. The Hall–Kier alpha value is -4.43. The van der Waals surface area contributed by atoms with E-state index in [2.05, 4.69) is 26.8 Å². The fraction of sp³-hybridized carbons (Fsp3) is 0.148. The van der Waals surface area contributed by atoms with Crippen LogP contribution in [0.3, 0.4) is 0 Å². The molecule has 6 rings (SSSR count). The first-order valence-electron chi connectivity index (χ1n) is 11.6. The highest BCUT2D eigenvalue weighted by Crippen LogP contribution is 2.37. The van der Waals surface area contributed by atoms with Crippen molar-refractivity contribution < 1.29 is 9.53 Å². The summed E-state index contributed by atoms with van der Waals surface area (Å²) < 4.78 is 7.82. The lowest BCUT2D eigenvalue weighted by Gasteiger charge is -2.09. The Kier molecular flexibility index (Phi) is 5.48. The Morgan fingerprint density at radius 1 is 0.971 bits per heavy atom. The van der Waals surface area contributed by atoms with Gasteiger partial charge < -0.3 is 20.4 Å². The van der Waals surface area contributed by atoms with E-state index in [9.17, 15) is 4.79 Å². The molecule has 2 aromatic carbocycles. The molecule has 0 saturated carbocycles. The second-order valence-electron chi connectivity index (χ2n) is 8.46. The maximum absolute atomic E-state index is 12.4. The number of pyridine rings is 1. The minimum atomic E-state index is -0.293. The molecule has 3 aromatic heterocycles. The molecule has 4 heterocycles. The number of ether oxygens (including phenoxy) is 1. The van der Waals surface area contributed by atoms with Crippen LogP contribution in [-0.2, 0) is 4.74 Å². The van der Waals surface area contributed by atoms with Crippen LogP contribution in [0.15, 0.2) is 85.3 Å². The van der Waals surface area contributed by atoms with Crippen LogP contribution in [-0.4, -0.2) is 32.4 Å². The topological polar surface area (TPSA) is 96.9 Å². The zero-order valence-corrected chi connectivity index (χ0v) is 18.9. The minimum absolute atomic E-state index is 0.0614. The average Bonchev–Trinajstić information content (AvgIpc) is 3.65. The summed E-state index contributed by atoms with van der Waals surface area (Å²) in [6.45, 7) is 0.748. The van der Waals surface area contributed by atoms with Gasteiger partial charge in [0.05, 0.1) is 0 Å². The largest absolute Gasteiger partial charge is 0.357 e. The summed E-state index contributed by atoms with van der Waals surface area (Å²) in [5.41, 5.74) is 6.14. The van der Waals surface area contributed by atoms with Gasteiger partial charge in [0.25, 0.3) is 0 Å². The van der Waals surface area contributed by atoms with Crippen LogP contribution in [0.5, 0.6) is 0 Å². The number of benzene rings is 2. The van der Waals surface area contributed by atoms with Crippen LogP contribution in [0.4, 0.5) is 16.2 Å². The predicted octanol–water partition coefficient (Wildman–Crippen LogP) is 6.05. The Morgan fingerprint density at radius 3 is 2.54 bits per heavy atom. The SMILES string of the molecule is O=C(Nc1ccccc1)Nc1ccc(-c2nn(C3CCCO3)cc2-c2ccnc3[nH]ccc23)cc1. The first-order valence-corrected chi connectivity index (χ1v) is 11.6. The van der Waals surface area contributed by atoms with Crippen molar-refractivity contribution in [1.82, 2.24) is 19.7 Å². The predicted molar refractivity (Wildman–Crippen MR) is 136 cm³/mol. The first-order chi connectivity index (χ1) is 17.2. The van der Waals surface area contributed by atoms with Crippen molar-refractivity contribution in [3.8, 4) is 22.4 Å². The van der Waals surface area contributed by atoms with E-state index in [0.29, 0.717) is 5.69 Å². The number of nitrogens with one attached hydrogen (secondary N) is 3. The molecule has 1 unspecified atom stereocenters. The number of para-hydroxylation sites is 1. The van der Waals surface area contributed by atoms with Crippen LogP contribution in [0.2, 0.25) is 0 Å². The lowest BCUT2D eigenvalue weighted by molar-refractivity contribution is 0.0469. The van der Waals surface area contributed by atoms with Gasteiger partial charge >= 0.3 is 6.03 Å². The highest BCUT2D eigenvalue weighted by atomic mass is 16.5. The molecule has 8 nitrogen and oxygen atoms in total. The second-order valence-corrected chi connectivity index (χ2v) is 8.46. The summed E-state index contributed by atoms with van der Waals surface area (Å²) in [6.07, 6.45) is 7.67. The third-order valence-corrected chi connectivity index (χ3v) is 6.13. The standard InChI is InChI=1S/C27H24N6O2/c34-27(30-19-5-2-1-3-6-19)31-20-10-8-18(9-11-20)25-23(17-33(32-25)24-7-4-16-35-24)21-12-14-28-26-22(21)13-15-29-26/h1-3,5-6,8-15,17,24H,4,7,16H2,(H,28,29)(H2,30,31,34). The lowest BCUT2D eigenvalue weighted by Crippen LogP contribution is -2.19. The van der Waals surface area contributed by atoms with Crippen LogP contribution >= 0.6 is 0 Å². The van der Waals surface area contributed by atoms with Crippen molar-refractivity contribution in [1.29, 1.82) is 0 Å². The molecular formula is C27H24N6O2. The number of anilines is 2. The molecule has 174 valence electrons. The number of hydrogen-bond donors (Lipinski definition) is 3. The van der Waals surface area contributed by atoms with Gasteiger partial charge in [0.15, 0.2) is 0 Å². The number of carbonyl (C=O) groups is 1. The molecule has 1 aliphatic heterocycles. The Bertz CT molecular complexity index is 1470. The molecule has 0 radical (unpaired) electrons. The zero-order valence-electron chi connectivity index (χ0n) is 18.9. The van der Waals surface area contributed by atoms with E-state index in [1.54, 1.807) is 6.20 Å². The monoisotopic (exact) mass is 464 g/mol. The fourth-order valence-electron chi connectivity index (χ4n) is 4.44. The smallest absolute Gasteiger partial charge is 0.323 e. The number of aromatic nitrogens is 4. The number of nitrogens with zero attached hydrogens (tertiary/aromatic N) is 3. The van der Waals surface area contributed by atoms with Gasteiger partial charge in [-0.25, -0.2) is 14.5 Å². The van der Waals surface area contributed by atoms with E-state index in [-0.39, 0.29) is 12.3 Å². The molecule has 35 heavy (non-hydrogen) atoms. The first kappa shape index (κ1) is 21.1. The molecule has 1 fully saturated rings. The van der Waals surface area contributed by atoms with Crippen molar-refractivity contribution in [2.24, 2.45) is 0 Å². The molecule has 3 N–H and O–H groups in total. The van der Waals surface area contributed by atoms with Gasteiger partial charge in [0, 0.05) is 53.1 Å². The van der Waals surface area contributed by atoms with Crippen LogP contribution < -0.4 is 10.6 Å². The van der Waals surface area contributed by atoms with Crippen LogP contribution in [0, 0.1) is 0 Å². The maximum atomic E-state index is 12.4. The van der Waals surface area contributed by atoms with Crippen LogP contribution in [0.25, 0.3) is 33.4 Å². The third-order valence-electron chi connectivity index (χ3n) is 6.13. The zero-order chi connectivity index (χ0) is 23.6. The number of hydrogen-bond acceptors (Lipinski definition) is 4. The quantitative estimate of drug-likeness (QED) is 0.295. The number of aromatic amines is 1. The highest BCUT2D eigenvalue weighted by Gasteiger charge is 2.23. The maximum Gasteiger partial charge on any atom is 0.323 e. The Balaban J connectivity index is 1.31. The van der Waals surface area contributed by atoms with Gasteiger partial charge in [-0.05, 0) is 54.8 Å². The molecule has 8 heteroatoms. The molecule has 2 amide bonds. The summed E-state index contributed by atoms with van der Waals surface area (Å²) in [7, 11) is 0. The minimum Gasteiger partial charge on any atom is -0.357 e. The number of carbonyl (C=O) groups excluding carboxylic acids is 1. The molecule has 1 saturated heterocycles. The molecule has 0 bridgehead atoms. The summed E-state index contributed by atoms with van der Waals surface area (Å²) in [4.78, 5) is 20.0. The summed E-state index contributed by atoms with van der Waals surface area (Å²) in [5.74, 6) is 0. The van der Waals surface area contributed by atoms with Crippen molar-refractivity contribution in [3.63, 3.8) is 0 Å². The number of H-pyrrole nitrogens is 1. The summed E-state index contributed by atoms with van der Waals surface area (Å²) >= 11 is 0. The van der Waals surface area contributed by atoms with Gasteiger partial charge in [0.1, 0.15) is 17.6 Å². The number of urea groups is 1. The van der Waals surface area contributed by atoms with Gasteiger partial charge in [-0.2, -0.15) is 5.10 Å². The third kappa shape index (κ3) is 4.27. The van der Waals surface area contributed by atoms with Crippen molar-refractivity contribution in [2.45, 2.75) is 19.1 Å². The van der Waals surface area contributed by atoms with E-state index in [1.165, 1.54) is 0 Å².